The van der Waals surface area contributed by atoms with Crippen molar-refractivity contribution < 1.29 is 22.7 Å². The molecule has 10 heteroatoms. The molecule has 0 saturated heterocycles. The summed E-state index contributed by atoms with van der Waals surface area (Å²) in [5.41, 5.74) is 1.11. The normalized spacial score (nSPS) is 14.1. The molecule has 0 spiro atoms. The molecule has 0 bridgehead atoms. The Balaban J connectivity index is 1.63. The fraction of sp³-hybridized carbons (Fsp3) is 0.0455. The lowest BCUT2D eigenvalue weighted by Gasteiger charge is -2.12. The molecular weight excluding hydrogens is 454 g/mol. The van der Waals surface area contributed by atoms with Crippen molar-refractivity contribution in [3.8, 4) is 5.75 Å². The lowest BCUT2D eigenvalue weighted by molar-refractivity contribution is 0.0983. The standard InChI is InChI=1S/C22H16ClN3O5S/c1-31-19-10-9-14(23)12-18(19)26-32(29,30)15-6-4-5-13(11-15)21(27)24-20-16-7-2-3-8-17(16)22(28)25-20/h2-12,26H,1H3,(H,24,25,27,28). The summed E-state index contributed by atoms with van der Waals surface area (Å²) in [6.45, 7) is 0. The third-order valence-corrected chi connectivity index (χ3v) is 6.27. The molecule has 0 fully saturated rings. The number of carbonyl (C=O) groups is 2. The number of halogens is 1. The zero-order chi connectivity index (χ0) is 22.9. The van der Waals surface area contributed by atoms with Crippen LogP contribution < -0.4 is 14.8 Å². The molecule has 0 unspecified atom stereocenters. The van der Waals surface area contributed by atoms with Crippen LogP contribution >= 0.6 is 11.6 Å². The summed E-state index contributed by atoms with van der Waals surface area (Å²) in [7, 11) is -2.66. The van der Waals surface area contributed by atoms with Crippen molar-refractivity contribution in [3.63, 3.8) is 0 Å². The molecule has 32 heavy (non-hydrogen) atoms. The zero-order valence-electron chi connectivity index (χ0n) is 16.6. The molecule has 1 aliphatic heterocycles. The van der Waals surface area contributed by atoms with Crippen molar-refractivity contribution in [2.24, 2.45) is 4.99 Å². The number of nitrogens with zero attached hydrogens (tertiary/aromatic N) is 1. The third-order valence-electron chi connectivity index (χ3n) is 4.67. The molecular formula is C22H16ClN3O5S. The number of anilines is 1. The van der Waals surface area contributed by atoms with Crippen LogP contribution in [-0.4, -0.2) is 33.2 Å². The monoisotopic (exact) mass is 469 g/mol. The minimum atomic E-state index is -4.06. The van der Waals surface area contributed by atoms with Gasteiger partial charge in [-0.05, 0) is 42.5 Å². The van der Waals surface area contributed by atoms with E-state index >= 15 is 0 Å². The molecule has 1 aliphatic rings. The van der Waals surface area contributed by atoms with Crippen LogP contribution in [0.15, 0.2) is 76.6 Å². The Hall–Kier alpha value is -3.69. The van der Waals surface area contributed by atoms with Crippen molar-refractivity contribution in [1.82, 2.24) is 5.32 Å². The van der Waals surface area contributed by atoms with E-state index in [1.807, 2.05) is 0 Å². The third kappa shape index (κ3) is 4.20. The summed E-state index contributed by atoms with van der Waals surface area (Å²) in [6.07, 6.45) is 0. The first-order valence-electron chi connectivity index (χ1n) is 9.29. The molecule has 0 radical (unpaired) electrons. The van der Waals surface area contributed by atoms with Gasteiger partial charge in [-0.25, -0.2) is 8.42 Å². The second kappa shape index (κ2) is 8.45. The highest BCUT2D eigenvalue weighted by molar-refractivity contribution is 7.92. The van der Waals surface area contributed by atoms with E-state index in [0.29, 0.717) is 16.1 Å². The number of ether oxygens (including phenoxy) is 1. The molecule has 162 valence electrons. The highest BCUT2D eigenvalue weighted by atomic mass is 35.5. The molecule has 0 atom stereocenters. The number of carbonyl (C=O) groups excluding carboxylic acids is 2. The van der Waals surface area contributed by atoms with Gasteiger partial charge < -0.3 is 10.1 Å². The van der Waals surface area contributed by atoms with E-state index in [-0.39, 0.29) is 33.6 Å². The quantitative estimate of drug-likeness (QED) is 0.593. The second-order valence-electron chi connectivity index (χ2n) is 6.74. The van der Waals surface area contributed by atoms with Crippen LogP contribution in [0.2, 0.25) is 5.02 Å². The number of benzene rings is 3. The summed E-state index contributed by atoms with van der Waals surface area (Å²) in [6, 6.07) is 16.7. The average molecular weight is 470 g/mol. The molecule has 1 heterocycles. The van der Waals surface area contributed by atoms with Crippen LogP contribution in [-0.2, 0) is 10.0 Å². The number of nitrogens with one attached hydrogen (secondary N) is 2. The largest absolute Gasteiger partial charge is 0.495 e. The number of hydrogen-bond donors (Lipinski definition) is 2. The van der Waals surface area contributed by atoms with Crippen molar-refractivity contribution in [2.45, 2.75) is 4.90 Å². The van der Waals surface area contributed by atoms with E-state index in [4.69, 9.17) is 16.3 Å². The van der Waals surface area contributed by atoms with Crippen molar-refractivity contribution in [3.05, 3.63) is 88.4 Å². The van der Waals surface area contributed by atoms with Crippen molar-refractivity contribution in [1.29, 1.82) is 0 Å². The first-order valence-corrected chi connectivity index (χ1v) is 11.1. The Bertz CT molecular complexity index is 1390. The van der Waals surface area contributed by atoms with E-state index < -0.39 is 15.9 Å². The SMILES string of the molecule is COc1ccc(Cl)cc1NS(=O)(=O)c1cccc(C(=O)N=C2NC(=O)c3ccccc32)c1. The van der Waals surface area contributed by atoms with E-state index in [9.17, 15) is 18.0 Å². The number of amidine groups is 1. The summed E-state index contributed by atoms with van der Waals surface area (Å²) in [4.78, 5) is 28.6. The fourth-order valence-electron chi connectivity index (χ4n) is 3.14. The Morgan fingerprint density at radius 1 is 1.03 bits per heavy atom. The highest BCUT2D eigenvalue weighted by Crippen LogP contribution is 2.30. The number of methoxy groups -OCH3 is 1. The average Bonchev–Trinajstić information content (AvgIpc) is 3.09. The van der Waals surface area contributed by atoms with Crippen LogP contribution in [0.4, 0.5) is 5.69 Å². The molecule has 8 nitrogen and oxygen atoms in total. The Morgan fingerprint density at radius 2 is 1.78 bits per heavy atom. The first-order chi connectivity index (χ1) is 15.3. The van der Waals surface area contributed by atoms with Gasteiger partial charge in [0.25, 0.3) is 21.8 Å². The molecule has 2 amide bonds. The zero-order valence-corrected chi connectivity index (χ0v) is 18.2. The molecule has 3 aromatic rings. The predicted octanol–water partition coefficient (Wildman–Crippen LogP) is 3.48. The van der Waals surface area contributed by atoms with E-state index in [0.717, 1.165) is 0 Å². The molecule has 0 aliphatic carbocycles. The van der Waals surface area contributed by atoms with E-state index in [2.05, 4.69) is 15.0 Å². The summed E-state index contributed by atoms with van der Waals surface area (Å²) in [5, 5.41) is 2.87. The fourth-order valence-corrected chi connectivity index (χ4v) is 4.42. The summed E-state index contributed by atoms with van der Waals surface area (Å²) < 4.78 is 33.4. The van der Waals surface area contributed by atoms with Gasteiger partial charge in [-0.3, -0.25) is 14.3 Å². The highest BCUT2D eigenvalue weighted by Gasteiger charge is 2.25. The summed E-state index contributed by atoms with van der Waals surface area (Å²) in [5.74, 6) is -0.657. The molecule has 3 aromatic carbocycles. The van der Waals surface area contributed by atoms with Crippen LogP contribution in [0.5, 0.6) is 5.75 Å². The smallest absolute Gasteiger partial charge is 0.279 e. The molecule has 2 N–H and O–H groups in total. The summed E-state index contributed by atoms with van der Waals surface area (Å²) >= 11 is 5.96. The molecule has 0 saturated carbocycles. The number of fused-ring (bicyclic) bond motifs is 1. The van der Waals surface area contributed by atoms with Gasteiger partial charge in [-0.2, -0.15) is 4.99 Å². The van der Waals surface area contributed by atoms with Gasteiger partial charge in [0.2, 0.25) is 0 Å². The lowest BCUT2D eigenvalue weighted by atomic mass is 10.1. The van der Waals surface area contributed by atoms with E-state index in [1.54, 1.807) is 30.3 Å². The topological polar surface area (TPSA) is 114 Å². The maximum Gasteiger partial charge on any atom is 0.279 e. The first kappa shape index (κ1) is 21.5. The minimum absolute atomic E-state index is 0.0389. The number of aliphatic imine (C=N–C) groups is 1. The van der Waals surface area contributed by atoms with Gasteiger partial charge in [0.15, 0.2) is 0 Å². The van der Waals surface area contributed by atoms with Gasteiger partial charge in [0.1, 0.15) is 11.6 Å². The van der Waals surface area contributed by atoms with Crippen molar-refractivity contribution >= 4 is 45.0 Å². The number of rotatable bonds is 5. The van der Waals surface area contributed by atoms with Crippen molar-refractivity contribution in [2.75, 3.05) is 11.8 Å². The number of sulfonamides is 1. The predicted molar refractivity (Wildman–Crippen MR) is 120 cm³/mol. The van der Waals surface area contributed by atoms with Gasteiger partial charge in [-0.1, -0.05) is 35.9 Å². The van der Waals surface area contributed by atoms with Gasteiger partial charge in [0, 0.05) is 16.1 Å². The van der Waals surface area contributed by atoms with Gasteiger partial charge in [-0.15, -0.1) is 0 Å². The van der Waals surface area contributed by atoms with Crippen LogP contribution in [0, 0.1) is 0 Å². The van der Waals surface area contributed by atoms with E-state index in [1.165, 1.54) is 43.5 Å². The lowest BCUT2D eigenvalue weighted by Crippen LogP contribution is -2.22. The van der Waals surface area contributed by atoms with Gasteiger partial charge >= 0.3 is 0 Å². The maximum absolute atomic E-state index is 12.9. The van der Waals surface area contributed by atoms with Crippen LogP contribution in [0.1, 0.15) is 26.3 Å². The van der Waals surface area contributed by atoms with Crippen LogP contribution in [0.3, 0.4) is 0 Å². The number of hydrogen-bond acceptors (Lipinski definition) is 5. The minimum Gasteiger partial charge on any atom is -0.495 e. The molecule has 4 rings (SSSR count). The Labute approximate surface area is 188 Å². The van der Waals surface area contributed by atoms with Gasteiger partial charge in [0.05, 0.1) is 23.3 Å². The second-order valence-corrected chi connectivity index (χ2v) is 8.86. The Morgan fingerprint density at radius 3 is 2.53 bits per heavy atom. The maximum atomic E-state index is 12.9. The molecule has 0 aromatic heterocycles. The number of amides is 2. The van der Waals surface area contributed by atoms with Crippen LogP contribution in [0.25, 0.3) is 0 Å². The Kier molecular flexibility index (Phi) is 5.68.